The molecule has 0 amide bonds. The molecule has 1 aromatic heterocycles. The highest BCUT2D eigenvalue weighted by Crippen LogP contribution is 2.25. The summed E-state index contributed by atoms with van der Waals surface area (Å²) in [6, 6.07) is 10.4. The number of thioether (sulfide) groups is 1. The summed E-state index contributed by atoms with van der Waals surface area (Å²) in [5, 5.41) is 9.92. The van der Waals surface area contributed by atoms with Gasteiger partial charge in [-0.25, -0.2) is 4.39 Å². The second kappa shape index (κ2) is 6.70. The zero-order valence-corrected chi connectivity index (χ0v) is 12.7. The van der Waals surface area contributed by atoms with Crippen molar-refractivity contribution >= 4 is 39.0 Å². The lowest BCUT2D eigenvalue weighted by molar-refractivity contribution is 0.201. The summed E-state index contributed by atoms with van der Waals surface area (Å²) in [4.78, 5) is 2.00. The Kier molecular flexibility index (Phi) is 5.24. The van der Waals surface area contributed by atoms with E-state index in [2.05, 4.69) is 15.9 Å². The third kappa shape index (κ3) is 4.39. The van der Waals surface area contributed by atoms with Gasteiger partial charge in [0, 0.05) is 21.9 Å². The lowest BCUT2D eigenvalue weighted by atomic mass is 10.2. The lowest BCUT2D eigenvalue weighted by Gasteiger charge is -2.08. The van der Waals surface area contributed by atoms with Crippen LogP contribution in [0.4, 0.5) is 4.39 Å². The molecule has 0 bridgehead atoms. The number of halogens is 2. The lowest BCUT2D eigenvalue weighted by Crippen LogP contribution is -2.12. The minimum atomic E-state index is -0.413. The average Bonchev–Trinajstić information content (AvgIpc) is 2.72. The Morgan fingerprint density at radius 2 is 2.17 bits per heavy atom. The van der Waals surface area contributed by atoms with Crippen LogP contribution < -0.4 is 0 Å². The molecule has 1 atom stereocenters. The number of aliphatic hydroxyl groups is 1. The van der Waals surface area contributed by atoms with E-state index in [9.17, 15) is 9.50 Å². The first kappa shape index (κ1) is 14.1. The standard InChI is InChI=1S/C13H12BrFOS2/c14-13-5-4-12(18-13)7-10(16)8-17-11-3-1-2-9(15)6-11/h1-6,10,16H,7-8H2. The van der Waals surface area contributed by atoms with Crippen molar-refractivity contribution in [3.8, 4) is 0 Å². The molecular weight excluding hydrogens is 335 g/mol. The molecule has 96 valence electrons. The maximum atomic E-state index is 13.0. The second-order valence-corrected chi connectivity index (χ2v) is 7.47. The van der Waals surface area contributed by atoms with Gasteiger partial charge >= 0.3 is 0 Å². The van der Waals surface area contributed by atoms with Gasteiger partial charge in [-0.1, -0.05) is 6.07 Å². The van der Waals surface area contributed by atoms with Gasteiger partial charge in [-0.15, -0.1) is 23.1 Å². The van der Waals surface area contributed by atoms with Crippen LogP contribution in [0.2, 0.25) is 0 Å². The van der Waals surface area contributed by atoms with Crippen molar-refractivity contribution in [3.63, 3.8) is 0 Å². The van der Waals surface area contributed by atoms with Crippen LogP contribution in [0.25, 0.3) is 0 Å². The highest BCUT2D eigenvalue weighted by atomic mass is 79.9. The monoisotopic (exact) mass is 346 g/mol. The molecule has 0 radical (unpaired) electrons. The van der Waals surface area contributed by atoms with Crippen LogP contribution in [0.1, 0.15) is 4.88 Å². The zero-order chi connectivity index (χ0) is 13.0. The van der Waals surface area contributed by atoms with E-state index in [1.807, 2.05) is 18.2 Å². The molecule has 0 saturated carbocycles. The van der Waals surface area contributed by atoms with Gasteiger partial charge in [-0.2, -0.15) is 0 Å². The number of rotatable bonds is 5. The van der Waals surface area contributed by atoms with Crippen LogP contribution in [0.5, 0.6) is 0 Å². The molecule has 0 aliphatic rings. The average molecular weight is 347 g/mol. The van der Waals surface area contributed by atoms with Crippen molar-refractivity contribution in [1.82, 2.24) is 0 Å². The highest BCUT2D eigenvalue weighted by molar-refractivity contribution is 9.11. The summed E-state index contributed by atoms with van der Waals surface area (Å²) in [5.41, 5.74) is 0. The molecule has 0 aliphatic heterocycles. The van der Waals surface area contributed by atoms with Crippen LogP contribution in [0.3, 0.4) is 0 Å². The van der Waals surface area contributed by atoms with E-state index >= 15 is 0 Å². The van der Waals surface area contributed by atoms with Gasteiger partial charge in [0.05, 0.1) is 9.89 Å². The van der Waals surface area contributed by atoms with Crippen molar-refractivity contribution in [2.45, 2.75) is 17.4 Å². The molecular formula is C13H12BrFOS2. The fourth-order valence-corrected chi connectivity index (χ4v) is 3.93. The molecule has 1 nitrogen and oxygen atoms in total. The second-order valence-electron chi connectivity index (χ2n) is 3.83. The summed E-state index contributed by atoms with van der Waals surface area (Å²) >= 11 is 6.49. The fourth-order valence-electron chi connectivity index (χ4n) is 1.50. The Balaban J connectivity index is 1.83. The number of thiophene rings is 1. The molecule has 0 fully saturated rings. The first-order chi connectivity index (χ1) is 8.63. The van der Waals surface area contributed by atoms with Crippen molar-refractivity contribution in [2.75, 3.05) is 5.75 Å². The van der Waals surface area contributed by atoms with Gasteiger partial charge in [0.25, 0.3) is 0 Å². The van der Waals surface area contributed by atoms with E-state index in [-0.39, 0.29) is 5.82 Å². The van der Waals surface area contributed by atoms with Crippen LogP contribution in [-0.2, 0) is 6.42 Å². The predicted molar refractivity (Wildman–Crippen MR) is 78.9 cm³/mol. The molecule has 5 heteroatoms. The summed E-state index contributed by atoms with van der Waals surface area (Å²) in [7, 11) is 0. The smallest absolute Gasteiger partial charge is 0.124 e. The Labute approximate surface area is 122 Å². The van der Waals surface area contributed by atoms with E-state index in [1.165, 1.54) is 23.9 Å². The molecule has 18 heavy (non-hydrogen) atoms. The first-order valence-corrected chi connectivity index (χ1v) is 8.03. The molecule has 1 unspecified atom stereocenters. The molecule has 2 rings (SSSR count). The Morgan fingerprint density at radius 3 is 2.83 bits per heavy atom. The van der Waals surface area contributed by atoms with E-state index in [0.29, 0.717) is 12.2 Å². The maximum absolute atomic E-state index is 13.0. The van der Waals surface area contributed by atoms with Crippen LogP contribution in [-0.4, -0.2) is 17.0 Å². The maximum Gasteiger partial charge on any atom is 0.124 e. The van der Waals surface area contributed by atoms with Crippen LogP contribution >= 0.6 is 39.0 Å². The van der Waals surface area contributed by atoms with Crippen LogP contribution in [0.15, 0.2) is 45.1 Å². The molecule has 1 N–H and O–H groups in total. The third-order valence-corrected chi connectivity index (χ3v) is 5.09. The Morgan fingerprint density at radius 1 is 1.33 bits per heavy atom. The SMILES string of the molecule is OC(CSc1cccc(F)c1)Cc1ccc(Br)s1. The van der Waals surface area contributed by atoms with E-state index in [0.717, 1.165) is 13.6 Å². The summed E-state index contributed by atoms with van der Waals surface area (Å²) in [5.74, 6) is 0.329. The third-order valence-electron chi connectivity index (χ3n) is 2.30. The summed E-state index contributed by atoms with van der Waals surface area (Å²) in [6.07, 6.45) is 0.224. The minimum absolute atomic E-state index is 0.239. The van der Waals surface area contributed by atoms with Gasteiger partial charge in [-0.05, 0) is 46.3 Å². The van der Waals surface area contributed by atoms with Gasteiger partial charge < -0.3 is 5.11 Å². The molecule has 1 heterocycles. The van der Waals surface area contributed by atoms with Crippen molar-refractivity contribution in [2.24, 2.45) is 0 Å². The van der Waals surface area contributed by atoms with Gasteiger partial charge in [-0.3, -0.25) is 0 Å². The Hall–Kier alpha value is -0.360. The van der Waals surface area contributed by atoms with Crippen LogP contribution in [0, 0.1) is 5.82 Å². The predicted octanol–water partition coefficient (Wildman–Crippen LogP) is 4.35. The largest absolute Gasteiger partial charge is 0.392 e. The first-order valence-electron chi connectivity index (χ1n) is 5.44. The molecule has 0 aliphatic carbocycles. The van der Waals surface area contributed by atoms with E-state index in [1.54, 1.807) is 17.4 Å². The molecule has 0 spiro atoms. The van der Waals surface area contributed by atoms with Gasteiger partial charge in [0.1, 0.15) is 5.82 Å². The molecule has 0 saturated heterocycles. The number of benzene rings is 1. The molecule has 2 aromatic rings. The number of hydrogen-bond acceptors (Lipinski definition) is 3. The summed E-state index contributed by atoms with van der Waals surface area (Å²) < 4.78 is 14.0. The normalized spacial score (nSPS) is 12.6. The Bertz CT molecular complexity index is 515. The van der Waals surface area contributed by atoms with Gasteiger partial charge in [0.2, 0.25) is 0 Å². The molecule has 1 aromatic carbocycles. The van der Waals surface area contributed by atoms with E-state index in [4.69, 9.17) is 0 Å². The van der Waals surface area contributed by atoms with Crippen molar-refractivity contribution in [3.05, 3.63) is 50.9 Å². The van der Waals surface area contributed by atoms with Crippen molar-refractivity contribution in [1.29, 1.82) is 0 Å². The zero-order valence-electron chi connectivity index (χ0n) is 9.48. The fraction of sp³-hybridized carbons (Fsp3) is 0.231. The van der Waals surface area contributed by atoms with E-state index < -0.39 is 6.10 Å². The highest BCUT2D eigenvalue weighted by Gasteiger charge is 2.08. The van der Waals surface area contributed by atoms with Gasteiger partial charge in [0.15, 0.2) is 0 Å². The van der Waals surface area contributed by atoms with Crippen molar-refractivity contribution < 1.29 is 9.50 Å². The summed E-state index contributed by atoms with van der Waals surface area (Å²) in [6.45, 7) is 0. The number of hydrogen-bond donors (Lipinski definition) is 1. The minimum Gasteiger partial charge on any atom is -0.392 e. The topological polar surface area (TPSA) is 20.2 Å². The quantitative estimate of drug-likeness (QED) is 0.812. The number of aliphatic hydroxyl groups excluding tert-OH is 1.